The molecule has 1 aliphatic carbocycles. The first-order valence-electron chi connectivity index (χ1n) is 4.99. The van der Waals surface area contributed by atoms with Gasteiger partial charge in [-0.2, -0.15) is 0 Å². The van der Waals surface area contributed by atoms with Gasteiger partial charge in [0.1, 0.15) is 0 Å². The molecule has 0 atom stereocenters. The van der Waals surface area contributed by atoms with Gasteiger partial charge in [-0.3, -0.25) is 0 Å². The maximum absolute atomic E-state index is 2.45. The molecule has 1 nitrogen and oxygen atoms in total. The van der Waals surface area contributed by atoms with Gasteiger partial charge in [0.15, 0.2) is 0 Å². The first-order chi connectivity index (χ1) is 5.31. The minimum atomic E-state index is 0.868. The normalized spacial score (nSPS) is 27.5. The lowest BCUT2D eigenvalue weighted by molar-refractivity contribution is 0.206. The van der Waals surface area contributed by atoms with Crippen LogP contribution in [0.15, 0.2) is 0 Å². The van der Waals surface area contributed by atoms with Gasteiger partial charge in [0.05, 0.1) is 0 Å². The van der Waals surface area contributed by atoms with Gasteiger partial charge in [0.2, 0.25) is 0 Å². The van der Waals surface area contributed by atoms with E-state index in [-0.39, 0.29) is 0 Å². The third-order valence-corrected chi connectivity index (χ3v) is 3.00. The van der Waals surface area contributed by atoms with E-state index in [2.05, 4.69) is 11.9 Å². The van der Waals surface area contributed by atoms with E-state index in [0.717, 1.165) is 5.41 Å². The average molecular weight is 155 g/mol. The second-order valence-corrected chi connectivity index (χ2v) is 3.80. The Balaban J connectivity index is 0.000000281. The standard InChI is InChI=1S/C8H15N.C2H6/c1-9-6-4-8(2-3-8)5-7-9;1-2/h2-7H2,1H3;1-2H3. The zero-order valence-electron chi connectivity index (χ0n) is 8.19. The Bertz CT molecular complexity index is 106. The predicted molar refractivity (Wildman–Crippen MR) is 49.7 cm³/mol. The molecule has 0 aromatic heterocycles. The van der Waals surface area contributed by atoms with E-state index in [1.807, 2.05) is 13.8 Å². The average Bonchev–Trinajstić information content (AvgIpc) is 2.81. The molecular weight excluding hydrogens is 134 g/mol. The monoisotopic (exact) mass is 155 g/mol. The lowest BCUT2D eigenvalue weighted by Crippen LogP contribution is -2.30. The highest BCUT2D eigenvalue weighted by Gasteiger charge is 2.43. The fourth-order valence-electron chi connectivity index (χ4n) is 1.77. The summed E-state index contributed by atoms with van der Waals surface area (Å²) in [5.74, 6) is 0. The van der Waals surface area contributed by atoms with Gasteiger partial charge in [-0.15, -0.1) is 0 Å². The molecular formula is C10H21N. The fourth-order valence-corrected chi connectivity index (χ4v) is 1.77. The van der Waals surface area contributed by atoms with Gasteiger partial charge in [0, 0.05) is 0 Å². The second kappa shape index (κ2) is 3.57. The summed E-state index contributed by atoms with van der Waals surface area (Å²) in [5.41, 5.74) is 0.868. The molecule has 0 aromatic carbocycles. The Morgan fingerprint density at radius 3 is 1.73 bits per heavy atom. The Labute approximate surface area is 70.8 Å². The summed E-state index contributed by atoms with van der Waals surface area (Å²) >= 11 is 0. The fraction of sp³-hybridized carbons (Fsp3) is 1.00. The van der Waals surface area contributed by atoms with Crippen molar-refractivity contribution in [2.24, 2.45) is 5.41 Å². The Kier molecular flexibility index (Phi) is 2.94. The number of hydrogen-bond acceptors (Lipinski definition) is 1. The third-order valence-electron chi connectivity index (χ3n) is 3.00. The topological polar surface area (TPSA) is 3.24 Å². The number of likely N-dealkylation sites (tertiary alicyclic amines) is 1. The molecule has 66 valence electrons. The lowest BCUT2D eigenvalue weighted by atomic mass is 9.94. The number of rotatable bonds is 0. The maximum atomic E-state index is 2.45. The van der Waals surface area contributed by atoms with E-state index >= 15 is 0 Å². The van der Waals surface area contributed by atoms with Gasteiger partial charge in [0.25, 0.3) is 0 Å². The van der Waals surface area contributed by atoms with Crippen LogP contribution in [0.3, 0.4) is 0 Å². The zero-order chi connectivity index (χ0) is 8.32. The van der Waals surface area contributed by atoms with Crippen LogP contribution in [0.1, 0.15) is 39.5 Å². The SMILES string of the molecule is CC.CN1CCC2(CC1)CC2. The number of piperidine rings is 1. The van der Waals surface area contributed by atoms with Gasteiger partial charge in [-0.25, -0.2) is 0 Å². The molecule has 2 fully saturated rings. The minimum absolute atomic E-state index is 0.868. The van der Waals surface area contributed by atoms with E-state index in [0.29, 0.717) is 0 Å². The van der Waals surface area contributed by atoms with Crippen LogP contribution >= 0.6 is 0 Å². The summed E-state index contributed by atoms with van der Waals surface area (Å²) < 4.78 is 0. The summed E-state index contributed by atoms with van der Waals surface area (Å²) in [6.45, 7) is 6.69. The summed E-state index contributed by atoms with van der Waals surface area (Å²) in [6.07, 6.45) is 6.01. The number of hydrogen-bond donors (Lipinski definition) is 0. The van der Waals surface area contributed by atoms with Gasteiger partial charge < -0.3 is 4.90 Å². The van der Waals surface area contributed by atoms with E-state index < -0.39 is 0 Å². The van der Waals surface area contributed by atoms with Crippen molar-refractivity contribution in [3.8, 4) is 0 Å². The van der Waals surface area contributed by atoms with Crippen molar-refractivity contribution < 1.29 is 0 Å². The second-order valence-electron chi connectivity index (χ2n) is 3.80. The van der Waals surface area contributed by atoms with Crippen molar-refractivity contribution in [2.45, 2.75) is 39.5 Å². The molecule has 2 aliphatic rings. The molecule has 0 unspecified atom stereocenters. The highest BCUT2D eigenvalue weighted by atomic mass is 15.1. The Hall–Kier alpha value is -0.0400. The third kappa shape index (κ3) is 2.19. The largest absolute Gasteiger partial charge is 0.306 e. The van der Waals surface area contributed by atoms with Crippen molar-refractivity contribution in [2.75, 3.05) is 20.1 Å². The van der Waals surface area contributed by atoms with Gasteiger partial charge in [-0.1, -0.05) is 13.8 Å². The van der Waals surface area contributed by atoms with Crippen LogP contribution in [0.25, 0.3) is 0 Å². The van der Waals surface area contributed by atoms with Crippen molar-refractivity contribution >= 4 is 0 Å². The first kappa shape index (κ1) is 9.05. The Morgan fingerprint density at radius 1 is 0.909 bits per heavy atom. The van der Waals surface area contributed by atoms with Crippen LogP contribution < -0.4 is 0 Å². The maximum Gasteiger partial charge on any atom is -0.00165 e. The Morgan fingerprint density at radius 2 is 1.36 bits per heavy atom. The van der Waals surface area contributed by atoms with Crippen molar-refractivity contribution in [1.29, 1.82) is 0 Å². The summed E-state index contributed by atoms with van der Waals surface area (Å²) in [5, 5.41) is 0. The zero-order valence-corrected chi connectivity index (χ0v) is 8.19. The molecule has 1 aliphatic heterocycles. The van der Waals surface area contributed by atoms with Crippen LogP contribution in [0.5, 0.6) is 0 Å². The molecule has 0 bridgehead atoms. The summed E-state index contributed by atoms with van der Waals surface area (Å²) in [6, 6.07) is 0. The smallest absolute Gasteiger partial charge is 0.00165 e. The first-order valence-corrected chi connectivity index (χ1v) is 4.99. The van der Waals surface area contributed by atoms with Crippen LogP contribution in [-0.4, -0.2) is 25.0 Å². The molecule has 0 amide bonds. The lowest BCUT2D eigenvalue weighted by Gasteiger charge is -2.28. The predicted octanol–water partition coefficient (Wildman–Crippen LogP) is 2.52. The molecule has 1 saturated carbocycles. The molecule has 1 spiro atoms. The molecule has 2 rings (SSSR count). The van der Waals surface area contributed by atoms with Gasteiger partial charge >= 0.3 is 0 Å². The van der Waals surface area contributed by atoms with E-state index in [4.69, 9.17) is 0 Å². The van der Waals surface area contributed by atoms with E-state index in [1.165, 1.54) is 38.8 Å². The van der Waals surface area contributed by atoms with Crippen molar-refractivity contribution in [3.63, 3.8) is 0 Å². The molecule has 0 aromatic rings. The van der Waals surface area contributed by atoms with Crippen LogP contribution in [0.4, 0.5) is 0 Å². The molecule has 1 heterocycles. The quantitative estimate of drug-likeness (QED) is 0.519. The van der Waals surface area contributed by atoms with E-state index in [9.17, 15) is 0 Å². The highest BCUT2D eigenvalue weighted by Crippen LogP contribution is 2.53. The van der Waals surface area contributed by atoms with Gasteiger partial charge in [-0.05, 0) is 51.2 Å². The van der Waals surface area contributed by atoms with Crippen LogP contribution in [0.2, 0.25) is 0 Å². The summed E-state index contributed by atoms with van der Waals surface area (Å²) in [4.78, 5) is 2.45. The summed E-state index contributed by atoms with van der Waals surface area (Å²) in [7, 11) is 2.23. The minimum Gasteiger partial charge on any atom is -0.306 e. The molecule has 0 N–H and O–H groups in total. The molecule has 0 radical (unpaired) electrons. The van der Waals surface area contributed by atoms with Crippen molar-refractivity contribution in [1.82, 2.24) is 4.90 Å². The molecule has 1 heteroatoms. The molecule has 1 saturated heterocycles. The molecule has 11 heavy (non-hydrogen) atoms. The van der Waals surface area contributed by atoms with Crippen molar-refractivity contribution in [3.05, 3.63) is 0 Å². The van der Waals surface area contributed by atoms with Crippen LogP contribution in [0, 0.1) is 5.41 Å². The van der Waals surface area contributed by atoms with E-state index in [1.54, 1.807) is 0 Å². The highest BCUT2D eigenvalue weighted by molar-refractivity contribution is 4.96. The number of nitrogens with zero attached hydrogens (tertiary/aromatic N) is 1. The van der Waals surface area contributed by atoms with Crippen LogP contribution in [-0.2, 0) is 0 Å².